The number of carboxylic acids is 1. The van der Waals surface area contributed by atoms with Crippen molar-refractivity contribution < 1.29 is 24.2 Å². The normalized spacial score (nSPS) is 13.7. The third-order valence-electron chi connectivity index (χ3n) is 3.92. The fourth-order valence-electron chi connectivity index (χ4n) is 2.58. The fourth-order valence-corrected chi connectivity index (χ4v) is 3.49. The molecule has 0 radical (unpaired) electrons. The summed E-state index contributed by atoms with van der Waals surface area (Å²) in [5.74, 6) is -0.0522. The Kier molecular flexibility index (Phi) is 5.58. The highest BCUT2D eigenvalue weighted by molar-refractivity contribution is 7.17. The van der Waals surface area contributed by atoms with E-state index in [0.29, 0.717) is 42.4 Å². The van der Waals surface area contributed by atoms with E-state index in [0.717, 1.165) is 10.4 Å². The number of ether oxygens (including phenoxy) is 2. The molecule has 0 bridgehead atoms. The van der Waals surface area contributed by atoms with Gasteiger partial charge in [-0.15, -0.1) is 17.9 Å². The molecule has 0 spiro atoms. The number of carbonyl (C=O) groups excluding carboxylic acids is 1. The molecule has 1 unspecified atom stereocenters. The molecule has 6 nitrogen and oxygen atoms in total. The summed E-state index contributed by atoms with van der Waals surface area (Å²) in [6.45, 7) is 4.62. The van der Waals surface area contributed by atoms with Crippen LogP contribution >= 0.6 is 11.3 Å². The first-order valence-corrected chi connectivity index (χ1v) is 9.04. The highest BCUT2D eigenvalue weighted by Gasteiger charge is 2.21. The van der Waals surface area contributed by atoms with E-state index in [1.54, 1.807) is 12.1 Å². The van der Waals surface area contributed by atoms with Gasteiger partial charge in [-0.2, -0.15) is 0 Å². The molecule has 1 aromatic heterocycles. The molecule has 7 heteroatoms. The maximum atomic E-state index is 12.4. The smallest absolute Gasteiger partial charge is 0.326 e. The number of nitrogens with one attached hydrogen (secondary N) is 1. The molecule has 0 aliphatic carbocycles. The molecule has 1 atom stereocenters. The summed E-state index contributed by atoms with van der Waals surface area (Å²) in [6.07, 6.45) is 2.46. The third-order valence-corrected chi connectivity index (χ3v) is 5.05. The minimum Gasteiger partial charge on any atom is -0.486 e. The standard InChI is InChI=1S/C19H19NO5S/c1-2-3-4-13(19(22)23)20-18(21)17-8-7-16(26-17)12-5-6-14-15(11-12)25-10-9-24-14/h2,5-8,11,13H,1,3-4,9-10H2,(H,20,21)(H,22,23). The quantitative estimate of drug-likeness (QED) is 0.727. The SMILES string of the molecule is C=CCCC(NC(=O)c1ccc(-c2ccc3c(c2)OCCO3)s1)C(=O)O. The van der Waals surface area contributed by atoms with E-state index in [2.05, 4.69) is 11.9 Å². The molecular formula is C19H19NO5S. The van der Waals surface area contributed by atoms with E-state index >= 15 is 0 Å². The Labute approximate surface area is 155 Å². The molecule has 26 heavy (non-hydrogen) atoms. The van der Waals surface area contributed by atoms with E-state index < -0.39 is 17.9 Å². The summed E-state index contributed by atoms with van der Waals surface area (Å²) in [6, 6.07) is 8.24. The lowest BCUT2D eigenvalue weighted by Crippen LogP contribution is -2.40. The Bertz CT molecular complexity index is 829. The van der Waals surface area contributed by atoms with Crippen LogP contribution in [0.5, 0.6) is 11.5 Å². The van der Waals surface area contributed by atoms with E-state index in [1.807, 2.05) is 24.3 Å². The number of aliphatic carboxylic acids is 1. The lowest BCUT2D eigenvalue weighted by atomic mass is 10.1. The molecule has 0 saturated carbocycles. The van der Waals surface area contributed by atoms with Crippen LogP contribution < -0.4 is 14.8 Å². The van der Waals surface area contributed by atoms with Crippen molar-refractivity contribution in [3.05, 3.63) is 47.9 Å². The van der Waals surface area contributed by atoms with Crippen molar-refractivity contribution in [2.45, 2.75) is 18.9 Å². The summed E-state index contributed by atoms with van der Waals surface area (Å²) in [5.41, 5.74) is 0.916. The van der Waals surface area contributed by atoms with Gasteiger partial charge in [0, 0.05) is 4.88 Å². The molecule has 2 aromatic rings. The maximum absolute atomic E-state index is 12.4. The molecule has 136 valence electrons. The molecule has 2 N–H and O–H groups in total. The number of allylic oxidation sites excluding steroid dienone is 1. The molecule has 2 heterocycles. The van der Waals surface area contributed by atoms with Crippen LogP contribution in [0.25, 0.3) is 10.4 Å². The van der Waals surface area contributed by atoms with Crippen molar-refractivity contribution in [2.24, 2.45) is 0 Å². The van der Waals surface area contributed by atoms with E-state index in [4.69, 9.17) is 9.47 Å². The highest BCUT2D eigenvalue weighted by atomic mass is 32.1. The first-order chi connectivity index (χ1) is 12.6. The summed E-state index contributed by atoms with van der Waals surface area (Å²) >= 11 is 1.30. The number of rotatable bonds is 7. The minimum atomic E-state index is -1.05. The zero-order valence-electron chi connectivity index (χ0n) is 14.1. The van der Waals surface area contributed by atoms with Gasteiger partial charge in [0.15, 0.2) is 11.5 Å². The van der Waals surface area contributed by atoms with Crippen molar-refractivity contribution in [3.8, 4) is 21.9 Å². The Morgan fingerprint density at radius 3 is 2.73 bits per heavy atom. The van der Waals surface area contributed by atoms with Crippen molar-refractivity contribution in [1.29, 1.82) is 0 Å². The average molecular weight is 373 g/mol. The second-order valence-corrected chi connectivity index (χ2v) is 6.84. The molecule has 1 amide bonds. The van der Waals surface area contributed by atoms with Crippen molar-refractivity contribution >= 4 is 23.2 Å². The number of fused-ring (bicyclic) bond motifs is 1. The van der Waals surface area contributed by atoms with Crippen LogP contribution in [0, 0.1) is 0 Å². The largest absolute Gasteiger partial charge is 0.486 e. The summed E-state index contributed by atoms with van der Waals surface area (Å²) in [5, 5.41) is 11.8. The Hall–Kier alpha value is -2.80. The predicted molar refractivity (Wildman–Crippen MR) is 99.1 cm³/mol. The lowest BCUT2D eigenvalue weighted by molar-refractivity contribution is -0.139. The van der Waals surface area contributed by atoms with Gasteiger partial charge < -0.3 is 19.9 Å². The first kappa shape index (κ1) is 18.0. The van der Waals surface area contributed by atoms with Crippen LogP contribution in [-0.4, -0.2) is 36.2 Å². The molecule has 1 aromatic carbocycles. The van der Waals surface area contributed by atoms with Gasteiger partial charge in [0.25, 0.3) is 5.91 Å². The number of hydrogen-bond donors (Lipinski definition) is 2. The number of carboxylic acid groups (broad SMARTS) is 1. The van der Waals surface area contributed by atoms with Gasteiger partial charge in [-0.3, -0.25) is 4.79 Å². The second-order valence-electron chi connectivity index (χ2n) is 5.75. The number of amides is 1. The summed E-state index contributed by atoms with van der Waals surface area (Å²) in [7, 11) is 0. The second kappa shape index (κ2) is 8.05. The monoisotopic (exact) mass is 373 g/mol. The fraction of sp³-hybridized carbons (Fsp3) is 0.263. The molecule has 3 rings (SSSR count). The topological polar surface area (TPSA) is 84.9 Å². The average Bonchev–Trinajstić information content (AvgIpc) is 3.14. The lowest BCUT2D eigenvalue weighted by Gasteiger charge is -2.18. The molecule has 0 fully saturated rings. The number of carbonyl (C=O) groups is 2. The van der Waals surface area contributed by atoms with Gasteiger partial charge in [-0.1, -0.05) is 6.08 Å². The molecular weight excluding hydrogens is 354 g/mol. The third kappa shape index (κ3) is 4.05. The number of benzene rings is 1. The number of thiophene rings is 1. The van der Waals surface area contributed by atoms with Gasteiger partial charge in [0.05, 0.1) is 4.88 Å². The van der Waals surface area contributed by atoms with Gasteiger partial charge >= 0.3 is 5.97 Å². The Morgan fingerprint density at radius 2 is 2.00 bits per heavy atom. The van der Waals surface area contributed by atoms with Gasteiger partial charge in [-0.05, 0) is 48.7 Å². The molecule has 1 aliphatic heterocycles. The van der Waals surface area contributed by atoms with E-state index in [9.17, 15) is 14.7 Å². The summed E-state index contributed by atoms with van der Waals surface area (Å²) < 4.78 is 11.1. The predicted octanol–water partition coefficient (Wildman–Crippen LogP) is 3.34. The maximum Gasteiger partial charge on any atom is 0.326 e. The molecule has 1 aliphatic rings. The molecule has 0 saturated heterocycles. The van der Waals surface area contributed by atoms with Crippen LogP contribution in [0.1, 0.15) is 22.5 Å². The van der Waals surface area contributed by atoms with E-state index in [-0.39, 0.29) is 0 Å². The van der Waals surface area contributed by atoms with Crippen LogP contribution in [0.15, 0.2) is 43.0 Å². The van der Waals surface area contributed by atoms with Crippen molar-refractivity contribution in [1.82, 2.24) is 5.32 Å². The zero-order chi connectivity index (χ0) is 18.5. The Balaban J connectivity index is 1.73. The van der Waals surface area contributed by atoms with Crippen LogP contribution in [0.3, 0.4) is 0 Å². The Morgan fingerprint density at radius 1 is 1.23 bits per heavy atom. The summed E-state index contributed by atoms with van der Waals surface area (Å²) in [4.78, 5) is 25.0. The van der Waals surface area contributed by atoms with Crippen molar-refractivity contribution in [2.75, 3.05) is 13.2 Å². The van der Waals surface area contributed by atoms with Crippen LogP contribution in [-0.2, 0) is 4.79 Å². The van der Waals surface area contributed by atoms with Crippen molar-refractivity contribution in [3.63, 3.8) is 0 Å². The minimum absolute atomic E-state index is 0.310. The van der Waals surface area contributed by atoms with Gasteiger partial charge in [0.2, 0.25) is 0 Å². The van der Waals surface area contributed by atoms with Crippen LogP contribution in [0.4, 0.5) is 0 Å². The van der Waals surface area contributed by atoms with Crippen LogP contribution in [0.2, 0.25) is 0 Å². The number of hydrogen-bond acceptors (Lipinski definition) is 5. The van der Waals surface area contributed by atoms with E-state index in [1.165, 1.54) is 11.3 Å². The first-order valence-electron chi connectivity index (χ1n) is 8.23. The zero-order valence-corrected chi connectivity index (χ0v) is 14.9. The highest BCUT2D eigenvalue weighted by Crippen LogP contribution is 2.36. The van der Waals surface area contributed by atoms with Gasteiger partial charge in [-0.25, -0.2) is 4.79 Å². The van der Waals surface area contributed by atoms with Gasteiger partial charge in [0.1, 0.15) is 19.3 Å².